The molecule has 2 atom stereocenters. The standard InChI is InChI=1S/C16H25NO.C2H4O2/c1-4-9-16(10-11-17(3)15(16)5-2)13-7-6-8-14(18)12-13;1-2(3)4/h6-8,12,15,18H,4-5,9-11H2,1-3H3;1H3,(H,3,4). The topological polar surface area (TPSA) is 60.8 Å². The summed E-state index contributed by atoms with van der Waals surface area (Å²) in [6.07, 6.45) is 4.78. The summed E-state index contributed by atoms with van der Waals surface area (Å²) in [6, 6.07) is 8.50. The third-order valence-corrected chi connectivity index (χ3v) is 4.58. The fraction of sp³-hybridized carbons (Fsp3) is 0.611. The van der Waals surface area contributed by atoms with E-state index in [9.17, 15) is 5.11 Å². The Morgan fingerprint density at radius 1 is 1.41 bits per heavy atom. The third-order valence-electron chi connectivity index (χ3n) is 4.58. The van der Waals surface area contributed by atoms with Crippen LogP contribution in [0.5, 0.6) is 5.75 Å². The molecule has 1 aliphatic heterocycles. The molecule has 4 heteroatoms. The molecule has 0 aliphatic carbocycles. The molecule has 1 aromatic rings. The number of hydrogen-bond donors (Lipinski definition) is 2. The zero-order chi connectivity index (χ0) is 16.8. The smallest absolute Gasteiger partial charge is 0.300 e. The van der Waals surface area contributed by atoms with Gasteiger partial charge in [0.2, 0.25) is 0 Å². The van der Waals surface area contributed by atoms with Gasteiger partial charge in [-0.05, 0) is 50.6 Å². The minimum absolute atomic E-state index is 0.233. The van der Waals surface area contributed by atoms with Gasteiger partial charge in [0, 0.05) is 18.4 Å². The summed E-state index contributed by atoms with van der Waals surface area (Å²) in [5, 5.41) is 17.2. The second-order valence-electron chi connectivity index (χ2n) is 6.13. The zero-order valence-corrected chi connectivity index (χ0v) is 14.2. The number of aliphatic carboxylic acids is 1. The number of carboxylic acids is 1. The highest BCUT2D eigenvalue weighted by Gasteiger charge is 2.45. The van der Waals surface area contributed by atoms with Crippen molar-refractivity contribution in [1.82, 2.24) is 4.90 Å². The molecule has 1 aliphatic rings. The lowest BCUT2D eigenvalue weighted by Gasteiger charge is -2.37. The van der Waals surface area contributed by atoms with Crippen molar-refractivity contribution in [2.24, 2.45) is 0 Å². The lowest BCUT2D eigenvalue weighted by Crippen LogP contribution is -2.40. The van der Waals surface area contributed by atoms with Crippen molar-refractivity contribution < 1.29 is 15.0 Å². The molecule has 0 amide bonds. The molecule has 124 valence electrons. The van der Waals surface area contributed by atoms with Crippen LogP contribution in [0.25, 0.3) is 0 Å². The van der Waals surface area contributed by atoms with E-state index in [2.05, 4.69) is 31.9 Å². The van der Waals surface area contributed by atoms with Gasteiger partial charge in [0.15, 0.2) is 0 Å². The average molecular weight is 307 g/mol. The summed E-state index contributed by atoms with van der Waals surface area (Å²) < 4.78 is 0. The predicted octanol–water partition coefficient (Wildman–Crippen LogP) is 3.64. The van der Waals surface area contributed by atoms with E-state index in [-0.39, 0.29) is 5.41 Å². The first-order valence-corrected chi connectivity index (χ1v) is 8.06. The molecule has 0 spiro atoms. The molecule has 22 heavy (non-hydrogen) atoms. The van der Waals surface area contributed by atoms with E-state index in [1.54, 1.807) is 6.07 Å². The number of carboxylic acid groups (broad SMARTS) is 1. The quantitative estimate of drug-likeness (QED) is 0.891. The summed E-state index contributed by atoms with van der Waals surface area (Å²) >= 11 is 0. The monoisotopic (exact) mass is 307 g/mol. The largest absolute Gasteiger partial charge is 0.508 e. The van der Waals surface area contributed by atoms with Crippen molar-refractivity contribution in [3.05, 3.63) is 29.8 Å². The summed E-state index contributed by atoms with van der Waals surface area (Å²) in [5.41, 5.74) is 1.55. The van der Waals surface area contributed by atoms with Crippen molar-refractivity contribution in [3.63, 3.8) is 0 Å². The molecule has 1 heterocycles. The van der Waals surface area contributed by atoms with E-state index in [1.165, 1.54) is 31.2 Å². The van der Waals surface area contributed by atoms with Gasteiger partial charge in [-0.2, -0.15) is 0 Å². The minimum Gasteiger partial charge on any atom is -0.508 e. The SMILES string of the molecule is CC(=O)O.CCCC1(c2cccc(O)c2)CCN(C)C1CC. The molecule has 2 unspecified atom stereocenters. The van der Waals surface area contributed by atoms with Crippen molar-refractivity contribution in [3.8, 4) is 5.75 Å². The van der Waals surface area contributed by atoms with Crippen LogP contribution in [0.3, 0.4) is 0 Å². The van der Waals surface area contributed by atoms with Crippen LogP contribution in [0.4, 0.5) is 0 Å². The van der Waals surface area contributed by atoms with Crippen LogP contribution < -0.4 is 0 Å². The van der Waals surface area contributed by atoms with Gasteiger partial charge in [-0.15, -0.1) is 0 Å². The predicted molar refractivity (Wildman–Crippen MR) is 89.3 cm³/mol. The highest BCUT2D eigenvalue weighted by atomic mass is 16.4. The van der Waals surface area contributed by atoms with E-state index in [0.29, 0.717) is 11.8 Å². The molecule has 2 N–H and O–H groups in total. The molecule has 0 radical (unpaired) electrons. The van der Waals surface area contributed by atoms with Gasteiger partial charge in [-0.3, -0.25) is 4.79 Å². The Bertz CT molecular complexity index is 481. The van der Waals surface area contributed by atoms with E-state index < -0.39 is 5.97 Å². The second-order valence-corrected chi connectivity index (χ2v) is 6.13. The molecular weight excluding hydrogens is 278 g/mol. The van der Waals surface area contributed by atoms with Gasteiger partial charge in [0.05, 0.1) is 0 Å². The Labute approximate surface area is 133 Å². The Morgan fingerprint density at radius 2 is 2.05 bits per heavy atom. The molecule has 0 aromatic heterocycles. The molecule has 0 saturated carbocycles. The van der Waals surface area contributed by atoms with Crippen molar-refractivity contribution >= 4 is 5.97 Å². The number of rotatable bonds is 4. The second kappa shape index (κ2) is 8.18. The zero-order valence-electron chi connectivity index (χ0n) is 14.2. The van der Waals surface area contributed by atoms with Crippen LogP contribution in [-0.2, 0) is 10.2 Å². The molecular formula is C18H29NO3. The summed E-state index contributed by atoms with van der Waals surface area (Å²) in [4.78, 5) is 11.5. The van der Waals surface area contributed by atoms with Crippen molar-refractivity contribution in [1.29, 1.82) is 0 Å². The van der Waals surface area contributed by atoms with Gasteiger partial charge in [-0.25, -0.2) is 0 Å². The summed E-state index contributed by atoms with van der Waals surface area (Å²) in [5.74, 6) is -0.438. The molecule has 1 aromatic carbocycles. The minimum atomic E-state index is -0.833. The molecule has 2 rings (SSSR count). The molecule has 0 bridgehead atoms. The third kappa shape index (κ3) is 4.23. The first kappa shape index (κ1) is 18.5. The fourth-order valence-electron chi connectivity index (χ4n) is 3.86. The number of carbonyl (C=O) groups is 1. The van der Waals surface area contributed by atoms with Crippen LogP contribution in [0.15, 0.2) is 24.3 Å². The maximum Gasteiger partial charge on any atom is 0.300 e. The number of aromatic hydroxyl groups is 1. The van der Waals surface area contributed by atoms with E-state index >= 15 is 0 Å². The number of phenolic OH excluding ortho intramolecular Hbond substituents is 1. The first-order chi connectivity index (χ1) is 10.4. The Balaban J connectivity index is 0.000000541. The fourth-order valence-corrected chi connectivity index (χ4v) is 3.86. The van der Waals surface area contributed by atoms with Gasteiger partial charge >= 0.3 is 0 Å². The average Bonchev–Trinajstić information content (AvgIpc) is 2.76. The number of hydrogen-bond acceptors (Lipinski definition) is 3. The highest BCUT2D eigenvalue weighted by Crippen LogP contribution is 2.45. The molecule has 1 saturated heterocycles. The van der Waals surface area contributed by atoms with Crippen LogP contribution in [0.2, 0.25) is 0 Å². The maximum absolute atomic E-state index is 9.77. The highest BCUT2D eigenvalue weighted by molar-refractivity contribution is 5.62. The summed E-state index contributed by atoms with van der Waals surface area (Å²) in [7, 11) is 2.23. The van der Waals surface area contributed by atoms with Crippen molar-refractivity contribution in [2.45, 2.75) is 57.9 Å². The number of likely N-dealkylation sites (N-methyl/N-ethyl adjacent to an activating group) is 1. The molecule has 4 nitrogen and oxygen atoms in total. The first-order valence-electron chi connectivity index (χ1n) is 8.06. The van der Waals surface area contributed by atoms with Gasteiger partial charge < -0.3 is 15.1 Å². The van der Waals surface area contributed by atoms with Crippen LogP contribution in [0.1, 0.15) is 52.0 Å². The van der Waals surface area contributed by atoms with Gasteiger partial charge in [0.25, 0.3) is 5.97 Å². The lowest BCUT2D eigenvalue weighted by atomic mass is 9.70. The Kier molecular flexibility index (Phi) is 6.88. The maximum atomic E-state index is 9.77. The van der Waals surface area contributed by atoms with E-state index in [1.807, 2.05) is 12.1 Å². The number of nitrogens with zero attached hydrogens (tertiary/aromatic N) is 1. The number of phenols is 1. The van der Waals surface area contributed by atoms with Crippen LogP contribution in [0, 0.1) is 0 Å². The summed E-state index contributed by atoms with van der Waals surface area (Å²) in [6.45, 7) is 6.78. The number of likely N-dealkylation sites (tertiary alicyclic amines) is 1. The number of benzene rings is 1. The Hall–Kier alpha value is -1.55. The lowest BCUT2D eigenvalue weighted by molar-refractivity contribution is -0.134. The van der Waals surface area contributed by atoms with E-state index in [4.69, 9.17) is 9.90 Å². The van der Waals surface area contributed by atoms with Crippen LogP contribution >= 0.6 is 0 Å². The van der Waals surface area contributed by atoms with E-state index in [0.717, 1.165) is 13.5 Å². The normalized spacial score (nSPS) is 24.6. The van der Waals surface area contributed by atoms with Gasteiger partial charge in [0.1, 0.15) is 5.75 Å². The Morgan fingerprint density at radius 3 is 2.55 bits per heavy atom. The molecule has 1 fully saturated rings. The van der Waals surface area contributed by atoms with Crippen molar-refractivity contribution in [2.75, 3.05) is 13.6 Å². The van der Waals surface area contributed by atoms with Crippen LogP contribution in [-0.4, -0.2) is 40.7 Å². The van der Waals surface area contributed by atoms with Gasteiger partial charge in [-0.1, -0.05) is 32.4 Å².